The molecule has 3 N–H and O–H groups in total. The third-order valence-corrected chi connectivity index (χ3v) is 5.26. The number of benzene rings is 2. The summed E-state index contributed by atoms with van der Waals surface area (Å²) in [6, 6.07) is 14.8. The molecule has 0 radical (unpaired) electrons. The van der Waals surface area contributed by atoms with Crippen molar-refractivity contribution < 1.29 is 8.78 Å². The van der Waals surface area contributed by atoms with Crippen molar-refractivity contribution in [1.29, 1.82) is 0 Å². The first-order chi connectivity index (χ1) is 12.7. The molecule has 3 aromatic rings. The minimum absolute atomic E-state index is 0.521. The molecule has 0 fully saturated rings. The van der Waals surface area contributed by atoms with E-state index < -0.39 is 5.76 Å². The van der Waals surface area contributed by atoms with Gasteiger partial charge in [0.1, 0.15) is 0 Å². The second-order valence-corrected chi connectivity index (χ2v) is 7.36. The maximum atomic E-state index is 12.3. The Labute approximate surface area is 157 Å². The number of aromatic amines is 1. The maximum absolute atomic E-state index is 12.3. The standard InChI is InChI=1S/C18H14F2N4S2/c19-17(20)26-12-7-5-11(6-8-12)22-18-24-23-16(10-25-18)14-9-21-15-4-2-1-3-13(14)15/h1-10,17,21,23H,(H,22,24). The van der Waals surface area contributed by atoms with Crippen LogP contribution in [0.1, 0.15) is 5.56 Å². The first-order valence-electron chi connectivity index (χ1n) is 7.78. The molecule has 0 saturated heterocycles. The van der Waals surface area contributed by atoms with Crippen LogP contribution >= 0.6 is 23.5 Å². The molecule has 0 spiro atoms. The number of nitrogens with zero attached hydrogens (tertiary/aromatic N) is 1. The molecule has 2 aromatic carbocycles. The van der Waals surface area contributed by atoms with Crippen LogP contribution in [0.4, 0.5) is 14.5 Å². The Balaban J connectivity index is 1.49. The number of aliphatic imine (C=N–C) groups is 1. The minimum atomic E-state index is -2.42. The van der Waals surface area contributed by atoms with E-state index in [0.717, 1.165) is 22.2 Å². The first-order valence-corrected chi connectivity index (χ1v) is 9.54. The number of amidine groups is 1. The number of hydrazine groups is 1. The molecule has 0 amide bonds. The molecule has 1 aliphatic heterocycles. The SMILES string of the molecule is FC(F)Sc1ccc(N=C2NNC(c3c[nH]c4ccccc34)=CS2)cc1. The summed E-state index contributed by atoms with van der Waals surface area (Å²) in [5.74, 6) is -2.42. The molecular weight excluding hydrogens is 374 g/mol. The number of halogens is 2. The van der Waals surface area contributed by atoms with Crippen molar-refractivity contribution in [3.63, 3.8) is 0 Å². The molecule has 0 saturated carbocycles. The molecular formula is C18H14F2N4S2. The molecule has 132 valence electrons. The van der Waals surface area contributed by atoms with Gasteiger partial charge in [-0.3, -0.25) is 10.9 Å². The fraction of sp³-hybridized carbons (Fsp3) is 0.0556. The van der Waals surface area contributed by atoms with Gasteiger partial charge in [-0.2, -0.15) is 8.78 Å². The fourth-order valence-corrected chi connectivity index (χ4v) is 3.78. The summed E-state index contributed by atoms with van der Waals surface area (Å²) in [5, 5.41) is 3.82. The molecule has 4 nitrogen and oxygen atoms in total. The third-order valence-electron chi connectivity index (χ3n) is 3.76. The van der Waals surface area contributed by atoms with Crippen LogP contribution in [0.2, 0.25) is 0 Å². The number of fused-ring (bicyclic) bond motifs is 1. The van der Waals surface area contributed by atoms with Crippen molar-refractivity contribution in [2.75, 3.05) is 0 Å². The van der Waals surface area contributed by atoms with E-state index in [1.165, 1.54) is 11.8 Å². The van der Waals surface area contributed by atoms with Crippen LogP contribution < -0.4 is 10.9 Å². The van der Waals surface area contributed by atoms with Gasteiger partial charge in [0.15, 0.2) is 5.17 Å². The summed E-state index contributed by atoms with van der Waals surface area (Å²) in [5.41, 5.74) is 10.0. The molecule has 1 aliphatic rings. The van der Waals surface area contributed by atoms with Crippen LogP contribution in [0.3, 0.4) is 0 Å². The third kappa shape index (κ3) is 3.71. The monoisotopic (exact) mass is 388 g/mol. The normalized spacial score (nSPS) is 15.8. The van der Waals surface area contributed by atoms with Gasteiger partial charge in [-0.1, -0.05) is 41.7 Å². The Morgan fingerprint density at radius 1 is 1.00 bits per heavy atom. The highest BCUT2D eigenvalue weighted by atomic mass is 32.2. The van der Waals surface area contributed by atoms with E-state index in [1.54, 1.807) is 24.3 Å². The quantitative estimate of drug-likeness (QED) is 0.530. The van der Waals surface area contributed by atoms with Gasteiger partial charge in [0.2, 0.25) is 0 Å². The molecule has 4 rings (SSSR count). The highest BCUT2D eigenvalue weighted by Crippen LogP contribution is 2.29. The molecule has 8 heteroatoms. The van der Waals surface area contributed by atoms with Crippen LogP contribution in [0, 0.1) is 0 Å². The topological polar surface area (TPSA) is 52.2 Å². The van der Waals surface area contributed by atoms with Crippen molar-refractivity contribution in [1.82, 2.24) is 15.8 Å². The summed E-state index contributed by atoms with van der Waals surface area (Å²) in [6.07, 6.45) is 1.97. The summed E-state index contributed by atoms with van der Waals surface area (Å²) >= 11 is 1.99. The van der Waals surface area contributed by atoms with E-state index in [9.17, 15) is 8.78 Å². The van der Waals surface area contributed by atoms with Crippen LogP contribution in [-0.2, 0) is 0 Å². The van der Waals surface area contributed by atoms with Gasteiger partial charge in [0.25, 0.3) is 5.76 Å². The number of H-pyrrole nitrogens is 1. The fourth-order valence-electron chi connectivity index (χ4n) is 2.59. The predicted octanol–water partition coefficient (Wildman–Crippen LogP) is 5.31. The van der Waals surface area contributed by atoms with Crippen LogP contribution in [-0.4, -0.2) is 15.9 Å². The van der Waals surface area contributed by atoms with E-state index in [0.29, 0.717) is 27.5 Å². The first kappa shape index (κ1) is 17.0. The number of aromatic nitrogens is 1. The lowest BCUT2D eigenvalue weighted by molar-refractivity contribution is 0.252. The summed E-state index contributed by atoms with van der Waals surface area (Å²) in [6.45, 7) is 0. The highest BCUT2D eigenvalue weighted by molar-refractivity contribution is 8.16. The number of thioether (sulfide) groups is 2. The van der Waals surface area contributed by atoms with E-state index in [4.69, 9.17) is 0 Å². The van der Waals surface area contributed by atoms with Gasteiger partial charge in [-0.25, -0.2) is 4.99 Å². The zero-order chi connectivity index (χ0) is 17.9. The number of hydrogen-bond acceptors (Lipinski definition) is 4. The molecule has 0 bridgehead atoms. The summed E-state index contributed by atoms with van der Waals surface area (Å²) in [4.78, 5) is 8.25. The van der Waals surface area contributed by atoms with E-state index in [-0.39, 0.29) is 0 Å². The number of rotatable bonds is 4. The average Bonchev–Trinajstić information content (AvgIpc) is 3.08. The molecule has 0 unspecified atom stereocenters. The predicted molar refractivity (Wildman–Crippen MR) is 106 cm³/mol. The Hall–Kier alpha value is -2.45. The van der Waals surface area contributed by atoms with Crippen molar-refractivity contribution >= 4 is 51.0 Å². The molecule has 0 aliphatic carbocycles. The Kier molecular flexibility index (Phi) is 4.85. The van der Waals surface area contributed by atoms with Crippen molar-refractivity contribution in [3.8, 4) is 0 Å². The van der Waals surface area contributed by atoms with Gasteiger partial charge >= 0.3 is 0 Å². The van der Waals surface area contributed by atoms with Gasteiger partial charge in [0, 0.05) is 33.0 Å². The number of alkyl halides is 2. The van der Waals surface area contributed by atoms with Gasteiger partial charge < -0.3 is 4.98 Å². The summed E-state index contributed by atoms with van der Waals surface area (Å²) < 4.78 is 24.7. The summed E-state index contributed by atoms with van der Waals surface area (Å²) in [7, 11) is 0. The Morgan fingerprint density at radius 2 is 1.81 bits per heavy atom. The smallest absolute Gasteiger partial charge is 0.288 e. The van der Waals surface area contributed by atoms with Gasteiger partial charge in [-0.05, 0) is 30.3 Å². The lowest BCUT2D eigenvalue weighted by Gasteiger charge is -2.18. The zero-order valence-electron chi connectivity index (χ0n) is 13.4. The van der Waals surface area contributed by atoms with Gasteiger partial charge in [-0.15, -0.1) is 0 Å². The van der Waals surface area contributed by atoms with Gasteiger partial charge in [0.05, 0.1) is 11.4 Å². The Morgan fingerprint density at radius 3 is 2.54 bits per heavy atom. The molecule has 1 aromatic heterocycles. The number of hydrogen-bond donors (Lipinski definition) is 3. The number of nitrogens with one attached hydrogen (secondary N) is 3. The Bertz CT molecular complexity index is 980. The largest absolute Gasteiger partial charge is 0.360 e. The molecule has 0 atom stereocenters. The van der Waals surface area contributed by atoms with E-state index in [1.807, 2.05) is 29.8 Å². The van der Waals surface area contributed by atoms with Crippen LogP contribution in [0.15, 0.2) is 70.0 Å². The van der Waals surface area contributed by atoms with E-state index >= 15 is 0 Å². The number of para-hydroxylation sites is 1. The lowest BCUT2D eigenvalue weighted by Crippen LogP contribution is -2.36. The second kappa shape index (κ2) is 7.43. The average molecular weight is 388 g/mol. The van der Waals surface area contributed by atoms with Crippen LogP contribution in [0.5, 0.6) is 0 Å². The highest BCUT2D eigenvalue weighted by Gasteiger charge is 2.13. The van der Waals surface area contributed by atoms with Crippen molar-refractivity contribution in [2.24, 2.45) is 4.99 Å². The lowest BCUT2D eigenvalue weighted by atomic mass is 10.1. The maximum Gasteiger partial charge on any atom is 0.288 e. The second-order valence-electron chi connectivity index (χ2n) is 5.44. The minimum Gasteiger partial charge on any atom is -0.360 e. The van der Waals surface area contributed by atoms with Crippen molar-refractivity contribution in [3.05, 3.63) is 65.7 Å². The molecule has 2 heterocycles. The molecule has 26 heavy (non-hydrogen) atoms. The van der Waals surface area contributed by atoms with Crippen molar-refractivity contribution in [2.45, 2.75) is 10.7 Å². The zero-order valence-corrected chi connectivity index (χ0v) is 15.0. The van der Waals surface area contributed by atoms with Crippen LogP contribution in [0.25, 0.3) is 16.6 Å². The van der Waals surface area contributed by atoms with E-state index in [2.05, 4.69) is 26.9 Å².